The largest absolute Gasteiger partial charge is 0.573 e. The second-order valence-electron chi connectivity index (χ2n) is 9.76. The van der Waals surface area contributed by atoms with Crippen molar-refractivity contribution in [2.24, 2.45) is 22.2 Å². The standard InChI is InChI=1S/C28H31F5N8O2/c29-22-12-19(13-23(30)21(22)14-37-6-3-7-38-26(35)36)41-15-18-11-24(39-25(18)40-27(41)42)17-8-16(4-1-2-5-34)9-20(10-17)43-28(31,32)33/h8-13,15,37H,1-7,14,34H2,(H4,35,36,38)(H,39,40,42). The molecular weight excluding hydrogens is 575 g/mol. The summed E-state index contributed by atoms with van der Waals surface area (Å²) in [6, 6.07) is 7.85. The molecule has 0 saturated heterocycles. The molecule has 10 nitrogen and oxygen atoms in total. The minimum atomic E-state index is -4.89. The molecule has 0 amide bonds. The van der Waals surface area contributed by atoms with Gasteiger partial charge in [-0.1, -0.05) is 0 Å². The second-order valence-corrected chi connectivity index (χ2v) is 9.76. The van der Waals surface area contributed by atoms with Crippen molar-refractivity contribution in [3.8, 4) is 22.7 Å². The number of aromatic amines is 1. The smallest absolute Gasteiger partial charge is 0.406 e. The van der Waals surface area contributed by atoms with Crippen molar-refractivity contribution in [1.82, 2.24) is 19.9 Å². The minimum absolute atomic E-state index is 0.0422. The van der Waals surface area contributed by atoms with Crippen LogP contribution in [-0.2, 0) is 13.0 Å². The molecule has 0 atom stereocenters. The Balaban J connectivity index is 1.61. The maximum absolute atomic E-state index is 14.9. The number of nitrogens with zero attached hydrogens (tertiary/aromatic N) is 3. The van der Waals surface area contributed by atoms with Crippen molar-refractivity contribution < 1.29 is 26.7 Å². The predicted molar refractivity (Wildman–Crippen MR) is 153 cm³/mol. The number of alkyl halides is 3. The highest BCUT2D eigenvalue weighted by Crippen LogP contribution is 2.31. The van der Waals surface area contributed by atoms with Gasteiger partial charge < -0.3 is 32.2 Å². The zero-order valence-electron chi connectivity index (χ0n) is 23.0. The summed E-state index contributed by atoms with van der Waals surface area (Å²) >= 11 is 0. The molecule has 2 aromatic heterocycles. The van der Waals surface area contributed by atoms with Gasteiger partial charge in [-0.25, -0.2) is 13.6 Å². The van der Waals surface area contributed by atoms with E-state index in [9.17, 15) is 26.7 Å². The first-order valence-corrected chi connectivity index (χ1v) is 13.4. The number of benzene rings is 2. The van der Waals surface area contributed by atoms with E-state index >= 15 is 0 Å². The van der Waals surface area contributed by atoms with E-state index in [0.717, 1.165) is 16.7 Å². The number of fused-ring (bicyclic) bond motifs is 1. The molecule has 0 aliphatic heterocycles. The fourth-order valence-electron chi connectivity index (χ4n) is 4.48. The Morgan fingerprint density at radius 2 is 1.79 bits per heavy atom. The summed E-state index contributed by atoms with van der Waals surface area (Å²) in [7, 11) is 0. The maximum Gasteiger partial charge on any atom is 0.573 e. The number of nitrogens with two attached hydrogens (primary N) is 3. The SMILES string of the molecule is NCCCCc1cc(OC(F)(F)F)cc(-c2cc3cn(-c4cc(F)c(CNCCCN=C(N)N)c(F)c4)c(=O)nc3[nH]2)c1. The molecule has 0 saturated carbocycles. The number of nitrogens with one attached hydrogen (secondary N) is 2. The highest BCUT2D eigenvalue weighted by molar-refractivity contribution is 5.83. The van der Waals surface area contributed by atoms with Crippen LogP contribution in [0.1, 0.15) is 30.4 Å². The van der Waals surface area contributed by atoms with Crippen molar-refractivity contribution in [1.29, 1.82) is 0 Å². The Kier molecular flexibility index (Phi) is 9.98. The van der Waals surface area contributed by atoms with Crippen molar-refractivity contribution in [2.45, 2.75) is 38.6 Å². The van der Waals surface area contributed by atoms with Crippen LogP contribution in [-0.4, -0.2) is 46.5 Å². The lowest BCUT2D eigenvalue weighted by Crippen LogP contribution is -2.24. The van der Waals surface area contributed by atoms with Gasteiger partial charge in [-0.15, -0.1) is 13.2 Å². The summed E-state index contributed by atoms with van der Waals surface area (Å²) in [6.07, 6.45) is -1.15. The summed E-state index contributed by atoms with van der Waals surface area (Å²) in [5, 5.41) is 3.29. The minimum Gasteiger partial charge on any atom is -0.406 e. The third-order valence-corrected chi connectivity index (χ3v) is 6.45. The van der Waals surface area contributed by atoms with Gasteiger partial charge in [-0.05, 0) is 80.7 Å². The Hall–Kier alpha value is -4.50. The van der Waals surface area contributed by atoms with E-state index < -0.39 is 29.4 Å². The molecule has 0 aliphatic carbocycles. The maximum atomic E-state index is 14.9. The number of hydrogen-bond donors (Lipinski definition) is 5. The molecule has 0 aliphatic rings. The molecule has 2 heterocycles. The van der Waals surface area contributed by atoms with Gasteiger partial charge in [-0.3, -0.25) is 9.56 Å². The van der Waals surface area contributed by atoms with Crippen LogP contribution < -0.4 is 32.9 Å². The number of unbranched alkanes of at least 4 members (excludes halogenated alkanes) is 1. The van der Waals surface area contributed by atoms with E-state index in [1.165, 1.54) is 18.3 Å². The topological polar surface area (TPSA) is 162 Å². The van der Waals surface area contributed by atoms with Gasteiger partial charge in [0.15, 0.2) is 5.96 Å². The van der Waals surface area contributed by atoms with Crippen LogP contribution >= 0.6 is 0 Å². The predicted octanol–water partition coefficient (Wildman–Crippen LogP) is 3.59. The first-order valence-electron chi connectivity index (χ1n) is 13.4. The lowest BCUT2D eigenvalue weighted by atomic mass is 10.0. The molecule has 230 valence electrons. The van der Waals surface area contributed by atoms with Crippen LogP contribution in [0, 0.1) is 11.6 Å². The average Bonchev–Trinajstić information content (AvgIpc) is 3.33. The van der Waals surface area contributed by atoms with Gasteiger partial charge in [0.2, 0.25) is 0 Å². The average molecular weight is 607 g/mol. The van der Waals surface area contributed by atoms with Crippen LogP contribution in [0.2, 0.25) is 0 Å². The summed E-state index contributed by atoms with van der Waals surface area (Å²) in [6.45, 7) is 1.12. The highest BCUT2D eigenvalue weighted by atomic mass is 19.4. The number of ether oxygens (including phenoxy) is 1. The fraction of sp³-hybridized carbons (Fsp3) is 0.321. The van der Waals surface area contributed by atoms with Crippen LogP contribution in [0.3, 0.4) is 0 Å². The van der Waals surface area contributed by atoms with Gasteiger partial charge >= 0.3 is 12.1 Å². The molecule has 2 aromatic carbocycles. The van der Waals surface area contributed by atoms with Gasteiger partial charge in [0.25, 0.3) is 0 Å². The molecule has 43 heavy (non-hydrogen) atoms. The molecule has 4 aromatic rings. The lowest BCUT2D eigenvalue weighted by molar-refractivity contribution is -0.274. The molecule has 4 rings (SSSR count). The molecule has 0 radical (unpaired) electrons. The quantitative estimate of drug-likeness (QED) is 0.0672. The summed E-state index contributed by atoms with van der Waals surface area (Å²) < 4.78 is 73.8. The van der Waals surface area contributed by atoms with Crippen molar-refractivity contribution in [3.05, 3.63) is 75.8 Å². The van der Waals surface area contributed by atoms with Crippen molar-refractivity contribution in [2.75, 3.05) is 19.6 Å². The summed E-state index contributed by atoms with van der Waals surface area (Å²) in [5.74, 6) is -2.16. The molecule has 0 spiro atoms. The Labute approximate surface area is 242 Å². The Morgan fingerprint density at radius 1 is 1.05 bits per heavy atom. The van der Waals surface area contributed by atoms with Gasteiger partial charge in [0.05, 0.1) is 5.69 Å². The van der Waals surface area contributed by atoms with E-state index in [4.69, 9.17) is 17.2 Å². The van der Waals surface area contributed by atoms with E-state index in [1.54, 1.807) is 12.1 Å². The zero-order chi connectivity index (χ0) is 31.1. The van der Waals surface area contributed by atoms with Gasteiger partial charge in [0, 0.05) is 41.5 Å². The van der Waals surface area contributed by atoms with Crippen molar-refractivity contribution >= 4 is 17.0 Å². The van der Waals surface area contributed by atoms with Crippen LogP contribution in [0.5, 0.6) is 5.75 Å². The zero-order valence-corrected chi connectivity index (χ0v) is 23.0. The number of aliphatic imine (C=N–C) groups is 1. The molecule has 15 heteroatoms. The first-order chi connectivity index (χ1) is 20.4. The van der Waals surface area contributed by atoms with E-state index in [0.29, 0.717) is 67.5 Å². The third kappa shape index (κ3) is 8.51. The Morgan fingerprint density at radius 3 is 2.47 bits per heavy atom. The van der Waals surface area contributed by atoms with Crippen LogP contribution in [0.15, 0.2) is 52.4 Å². The lowest BCUT2D eigenvalue weighted by Gasteiger charge is -2.12. The molecular formula is C28H31F5N8O2. The monoisotopic (exact) mass is 606 g/mol. The number of aromatic nitrogens is 3. The Bertz CT molecular complexity index is 1640. The molecule has 0 bridgehead atoms. The molecule has 0 unspecified atom stereocenters. The normalized spacial score (nSPS) is 11.7. The molecule has 0 fully saturated rings. The number of guanidine groups is 1. The summed E-state index contributed by atoms with van der Waals surface area (Å²) in [4.78, 5) is 23.5. The van der Waals surface area contributed by atoms with E-state index in [2.05, 4.69) is 25.0 Å². The van der Waals surface area contributed by atoms with Crippen molar-refractivity contribution in [3.63, 3.8) is 0 Å². The van der Waals surface area contributed by atoms with Crippen LogP contribution in [0.4, 0.5) is 22.0 Å². The number of aryl methyl sites for hydroxylation is 1. The number of halogens is 5. The number of hydrogen-bond acceptors (Lipinski definition) is 6. The van der Waals surface area contributed by atoms with Gasteiger partial charge in [-0.2, -0.15) is 4.98 Å². The number of H-pyrrole nitrogens is 1. The summed E-state index contributed by atoms with van der Waals surface area (Å²) in [5.41, 5.74) is 16.4. The third-order valence-electron chi connectivity index (χ3n) is 6.45. The fourth-order valence-corrected chi connectivity index (χ4v) is 4.48. The first kappa shape index (κ1) is 31.4. The highest BCUT2D eigenvalue weighted by Gasteiger charge is 2.31. The second kappa shape index (κ2) is 13.6. The van der Waals surface area contributed by atoms with E-state index in [1.807, 2.05) is 0 Å². The van der Waals surface area contributed by atoms with Crippen LogP contribution in [0.25, 0.3) is 28.0 Å². The van der Waals surface area contributed by atoms with E-state index in [-0.39, 0.29) is 29.4 Å². The van der Waals surface area contributed by atoms with Gasteiger partial charge in [0.1, 0.15) is 23.0 Å². The molecule has 8 N–H and O–H groups in total. The number of rotatable bonds is 13.